The van der Waals surface area contributed by atoms with E-state index in [4.69, 9.17) is 4.74 Å². The number of aryl methyl sites for hydroxylation is 1. The summed E-state index contributed by atoms with van der Waals surface area (Å²) in [5.74, 6) is 0.674. The largest absolute Gasteiger partial charge is 0.494 e. The second kappa shape index (κ2) is 7.99. The van der Waals surface area contributed by atoms with Crippen LogP contribution in [0.3, 0.4) is 0 Å². The summed E-state index contributed by atoms with van der Waals surface area (Å²) in [5, 5.41) is 2.80. The Labute approximate surface area is 153 Å². The van der Waals surface area contributed by atoms with Crippen LogP contribution in [0.15, 0.2) is 42.6 Å². The van der Waals surface area contributed by atoms with E-state index in [1.54, 1.807) is 11.1 Å². The van der Waals surface area contributed by atoms with E-state index < -0.39 is 0 Å². The number of rotatable bonds is 6. The predicted octanol–water partition coefficient (Wildman–Crippen LogP) is 3.17. The molecule has 0 radical (unpaired) electrons. The number of nitrogens with zero attached hydrogens (tertiary/aromatic N) is 2. The summed E-state index contributed by atoms with van der Waals surface area (Å²) in [4.78, 5) is 30.6. The number of ether oxygens (including phenoxy) is 1. The zero-order valence-electron chi connectivity index (χ0n) is 15.1. The highest BCUT2D eigenvalue weighted by Crippen LogP contribution is 2.27. The Bertz CT molecular complexity index is 789. The van der Waals surface area contributed by atoms with Crippen LogP contribution in [-0.2, 0) is 9.59 Å². The van der Waals surface area contributed by atoms with E-state index in [0.717, 1.165) is 23.4 Å². The number of anilines is 2. The van der Waals surface area contributed by atoms with E-state index >= 15 is 0 Å². The van der Waals surface area contributed by atoms with Crippen LogP contribution in [0.4, 0.5) is 11.5 Å². The average Bonchev–Trinajstić information content (AvgIpc) is 3.02. The van der Waals surface area contributed by atoms with Gasteiger partial charge in [0.15, 0.2) is 0 Å². The van der Waals surface area contributed by atoms with Crippen LogP contribution >= 0.6 is 0 Å². The van der Waals surface area contributed by atoms with Crippen molar-refractivity contribution in [1.82, 2.24) is 4.98 Å². The number of pyridine rings is 1. The van der Waals surface area contributed by atoms with Crippen molar-refractivity contribution in [3.05, 3.63) is 48.2 Å². The van der Waals surface area contributed by atoms with Crippen LogP contribution in [0.1, 0.15) is 25.3 Å². The van der Waals surface area contributed by atoms with Crippen LogP contribution < -0.4 is 15.0 Å². The summed E-state index contributed by atoms with van der Waals surface area (Å²) in [7, 11) is 0. The van der Waals surface area contributed by atoms with Crippen molar-refractivity contribution in [2.75, 3.05) is 23.4 Å². The molecule has 1 aromatic heterocycles. The van der Waals surface area contributed by atoms with Gasteiger partial charge in [-0.05, 0) is 55.3 Å². The number of hydrogen-bond donors (Lipinski definition) is 1. The summed E-state index contributed by atoms with van der Waals surface area (Å²) >= 11 is 0. The van der Waals surface area contributed by atoms with Crippen LogP contribution in [0.25, 0.3) is 0 Å². The molecule has 136 valence electrons. The van der Waals surface area contributed by atoms with Gasteiger partial charge in [0.1, 0.15) is 11.6 Å². The van der Waals surface area contributed by atoms with E-state index in [-0.39, 0.29) is 24.2 Å². The van der Waals surface area contributed by atoms with Crippen molar-refractivity contribution >= 4 is 23.3 Å². The first-order chi connectivity index (χ1) is 12.6. The molecule has 2 aromatic rings. The molecular formula is C20H23N3O3. The molecule has 1 aliphatic heterocycles. The zero-order chi connectivity index (χ0) is 18.5. The van der Waals surface area contributed by atoms with Gasteiger partial charge in [0.2, 0.25) is 11.8 Å². The second-order valence-corrected chi connectivity index (χ2v) is 6.46. The number of amides is 2. The van der Waals surface area contributed by atoms with Gasteiger partial charge in [-0.1, -0.05) is 6.92 Å². The van der Waals surface area contributed by atoms with Crippen molar-refractivity contribution in [3.8, 4) is 5.75 Å². The van der Waals surface area contributed by atoms with Gasteiger partial charge in [-0.25, -0.2) is 4.98 Å². The molecule has 26 heavy (non-hydrogen) atoms. The van der Waals surface area contributed by atoms with E-state index in [0.29, 0.717) is 19.0 Å². The normalized spacial score (nSPS) is 16.6. The molecule has 1 N–H and O–H groups in total. The van der Waals surface area contributed by atoms with Gasteiger partial charge in [0.25, 0.3) is 0 Å². The molecule has 0 saturated carbocycles. The van der Waals surface area contributed by atoms with Crippen LogP contribution in [0.5, 0.6) is 5.75 Å². The van der Waals surface area contributed by atoms with E-state index in [1.807, 2.05) is 43.3 Å². The summed E-state index contributed by atoms with van der Waals surface area (Å²) in [5.41, 5.74) is 1.80. The zero-order valence-corrected chi connectivity index (χ0v) is 15.1. The van der Waals surface area contributed by atoms with Gasteiger partial charge in [-0.15, -0.1) is 0 Å². The molecule has 1 saturated heterocycles. The molecule has 0 bridgehead atoms. The first-order valence-electron chi connectivity index (χ1n) is 8.83. The Hall–Kier alpha value is -2.89. The highest BCUT2D eigenvalue weighted by atomic mass is 16.5. The molecule has 2 amide bonds. The molecule has 1 aliphatic rings. The summed E-state index contributed by atoms with van der Waals surface area (Å²) in [6.45, 7) is 5.02. The molecule has 1 fully saturated rings. The molecule has 2 heterocycles. The predicted molar refractivity (Wildman–Crippen MR) is 100 cm³/mol. The van der Waals surface area contributed by atoms with Gasteiger partial charge < -0.3 is 15.0 Å². The lowest BCUT2D eigenvalue weighted by Gasteiger charge is -2.17. The van der Waals surface area contributed by atoms with Gasteiger partial charge >= 0.3 is 0 Å². The maximum absolute atomic E-state index is 12.5. The summed E-state index contributed by atoms with van der Waals surface area (Å²) in [6, 6.07) is 11.1. The monoisotopic (exact) mass is 353 g/mol. The lowest BCUT2D eigenvalue weighted by atomic mass is 10.1. The van der Waals surface area contributed by atoms with Gasteiger partial charge in [-0.3, -0.25) is 9.59 Å². The van der Waals surface area contributed by atoms with Crippen molar-refractivity contribution in [1.29, 1.82) is 0 Å². The fourth-order valence-corrected chi connectivity index (χ4v) is 2.91. The molecule has 1 aromatic carbocycles. The first kappa shape index (κ1) is 17.9. The topological polar surface area (TPSA) is 71.5 Å². The maximum atomic E-state index is 12.5. The Morgan fingerprint density at radius 2 is 2.08 bits per heavy atom. The van der Waals surface area contributed by atoms with Crippen molar-refractivity contribution in [2.24, 2.45) is 5.92 Å². The van der Waals surface area contributed by atoms with Gasteiger partial charge in [-0.2, -0.15) is 0 Å². The van der Waals surface area contributed by atoms with Gasteiger partial charge in [0, 0.05) is 24.8 Å². The first-order valence-corrected chi connectivity index (χ1v) is 8.83. The minimum atomic E-state index is -0.388. The SMILES string of the molecule is CCCOc1ccc(N2C[C@H](C(=O)Nc3cc(C)ccn3)CC2=O)cc1. The van der Waals surface area contributed by atoms with E-state index in [2.05, 4.69) is 17.2 Å². The maximum Gasteiger partial charge on any atom is 0.230 e. The highest BCUT2D eigenvalue weighted by Gasteiger charge is 2.35. The molecule has 0 aliphatic carbocycles. The van der Waals surface area contributed by atoms with Crippen molar-refractivity contribution in [2.45, 2.75) is 26.7 Å². The standard InChI is InChI=1S/C20H23N3O3/c1-3-10-26-17-6-4-16(5-7-17)23-13-15(12-19(23)24)20(25)22-18-11-14(2)8-9-21-18/h4-9,11,15H,3,10,12-13H2,1-2H3,(H,21,22,25)/t15-/m1/s1. The van der Waals surface area contributed by atoms with Gasteiger partial charge in [0.05, 0.1) is 12.5 Å². The number of carbonyl (C=O) groups excluding carboxylic acids is 2. The Morgan fingerprint density at radius 3 is 2.77 bits per heavy atom. The molecule has 1 atom stereocenters. The van der Waals surface area contributed by atoms with Crippen LogP contribution in [0, 0.1) is 12.8 Å². The van der Waals surface area contributed by atoms with E-state index in [9.17, 15) is 9.59 Å². The van der Waals surface area contributed by atoms with Crippen LogP contribution in [-0.4, -0.2) is 29.9 Å². The third-order valence-electron chi connectivity index (χ3n) is 4.28. The number of carbonyl (C=O) groups is 2. The summed E-state index contributed by atoms with van der Waals surface area (Å²) < 4.78 is 5.56. The molecule has 3 rings (SSSR count). The smallest absolute Gasteiger partial charge is 0.230 e. The summed E-state index contributed by atoms with van der Waals surface area (Å²) in [6.07, 6.45) is 2.80. The van der Waals surface area contributed by atoms with E-state index in [1.165, 1.54) is 0 Å². The Kier molecular flexibility index (Phi) is 5.51. The highest BCUT2D eigenvalue weighted by molar-refractivity contribution is 6.03. The molecule has 6 heteroatoms. The Balaban J connectivity index is 1.63. The molecule has 0 unspecified atom stereocenters. The lowest BCUT2D eigenvalue weighted by molar-refractivity contribution is -0.122. The molecule has 6 nitrogen and oxygen atoms in total. The second-order valence-electron chi connectivity index (χ2n) is 6.46. The number of nitrogens with one attached hydrogen (secondary N) is 1. The fraction of sp³-hybridized carbons (Fsp3) is 0.350. The average molecular weight is 353 g/mol. The van der Waals surface area contributed by atoms with Crippen LogP contribution in [0.2, 0.25) is 0 Å². The van der Waals surface area contributed by atoms with Crippen molar-refractivity contribution < 1.29 is 14.3 Å². The molecule has 0 spiro atoms. The third-order valence-corrected chi connectivity index (χ3v) is 4.28. The molecular weight excluding hydrogens is 330 g/mol. The fourth-order valence-electron chi connectivity index (χ4n) is 2.91. The van der Waals surface area contributed by atoms with Crippen molar-refractivity contribution in [3.63, 3.8) is 0 Å². The number of aromatic nitrogens is 1. The number of hydrogen-bond acceptors (Lipinski definition) is 4. The Morgan fingerprint density at radius 1 is 1.31 bits per heavy atom. The quantitative estimate of drug-likeness (QED) is 0.866. The number of benzene rings is 1. The minimum absolute atomic E-state index is 0.0513. The lowest BCUT2D eigenvalue weighted by Crippen LogP contribution is -2.28. The third kappa shape index (κ3) is 4.20. The minimum Gasteiger partial charge on any atom is -0.494 e.